The monoisotopic (exact) mass is 586 g/mol. The number of benzene rings is 1. The van der Waals surface area contributed by atoms with E-state index in [4.69, 9.17) is 25.2 Å². The number of pyridine rings is 1. The summed E-state index contributed by atoms with van der Waals surface area (Å²) in [5.41, 5.74) is 8.53. The van der Waals surface area contributed by atoms with Crippen molar-refractivity contribution in [3.8, 4) is 12.1 Å². The Labute approximate surface area is 249 Å². The molecule has 3 aliphatic rings. The number of nitrogens with two attached hydrogens (primary N) is 1. The molecule has 0 saturated carbocycles. The standard InChI is InChI=1S/C31H35FN8O3/c1-19(32)30(41)40-13-12-39(16-21(40)9-10-33)29-24-18-42-26(28-23-8-4-3-6-20(23)14-27(34)36-28)15-25(24)35-31(37-29)43-17-22-7-5-11-38(22)2/h3-4,6,8,14,21-22,26H,1,5,7,9,11-13,15-18H2,2H3,(H2,34,36)/t21-,22-,26?/m0/s1. The van der Waals surface area contributed by atoms with Gasteiger partial charge < -0.3 is 29.9 Å². The molecule has 1 aromatic carbocycles. The van der Waals surface area contributed by atoms with E-state index in [1.807, 2.05) is 35.2 Å². The van der Waals surface area contributed by atoms with Crippen LogP contribution in [0, 0.1) is 11.3 Å². The van der Waals surface area contributed by atoms with Gasteiger partial charge in [0, 0.05) is 43.0 Å². The minimum atomic E-state index is -1.04. The van der Waals surface area contributed by atoms with Crippen molar-refractivity contribution in [1.82, 2.24) is 24.8 Å². The molecule has 0 radical (unpaired) electrons. The van der Waals surface area contributed by atoms with Crippen LogP contribution in [0.5, 0.6) is 6.01 Å². The van der Waals surface area contributed by atoms with Crippen molar-refractivity contribution in [2.75, 3.05) is 50.5 Å². The number of anilines is 2. The highest BCUT2D eigenvalue weighted by Gasteiger charge is 2.36. The first kappa shape index (κ1) is 28.8. The number of aromatic nitrogens is 3. The Balaban J connectivity index is 1.34. The lowest BCUT2D eigenvalue weighted by atomic mass is 9.98. The number of nitrogens with zero attached hydrogens (tertiary/aromatic N) is 7. The van der Waals surface area contributed by atoms with E-state index in [0.717, 1.165) is 47.1 Å². The van der Waals surface area contributed by atoms with Crippen LogP contribution in [0.2, 0.25) is 0 Å². The van der Waals surface area contributed by atoms with Crippen LogP contribution in [0.25, 0.3) is 10.8 Å². The Morgan fingerprint density at radius 2 is 2.07 bits per heavy atom. The summed E-state index contributed by atoms with van der Waals surface area (Å²) in [6.45, 7) is 5.79. The van der Waals surface area contributed by atoms with Gasteiger partial charge in [-0.15, -0.1) is 0 Å². The van der Waals surface area contributed by atoms with Crippen LogP contribution in [0.3, 0.4) is 0 Å². The highest BCUT2D eigenvalue weighted by atomic mass is 19.1. The van der Waals surface area contributed by atoms with E-state index in [-0.39, 0.29) is 37.7 Å². The Morgan fingerprint density at radius 3 is 2.84 bits per heavy atom. The topological polar surface area (TPSA) is 134 Å². The molecule has 0 spiro atoms. The zero-order valence-corrected chi connectivity index (χ0v) is 24.2. The summed E-state index contributed by atoms with van der Waals surface area (Å²) in [5.74, 6) is -0.770. The fourth-order valence-electron chi connectivity index (χ4n) is 6.34. The Morgan fingerprint density at radius 1 is 1.23 bits per heavy atom. The average Bonchev–Trinajstić information content (AvgIpc) is 3.42. The van der Waals surface area contributed by atoms with Crippen molar-refractivity contribution in [2.45, 2.75) is 50.5 Å². The largest absolute Gasteiger partial charge is 0.462 e. The van der Waals surface area contributed by atoms with Gasteiger partial charge in [-0.2, -0.15) is 15.2 Å². The lowest BCUT2D eigenvalue weighted by Crippen LogP contribution is -2.55. The number of carbonyl (C=O) groups is 1. The lowest BCUT2D eigenvalue weighted by molar-refractivity contribution is -0.131. The first-order valence-corrected chi connectivity index (χ1v) is 14.6. The van der Waals surface area contributed by atoms with Gasteiger partial charge in [-0.25, -0.2) is 9.37 Å². The third-order valence-corrected chi connectivity index (χ3v) is 8.63. The Kier molecular flexibility index (Phi) is 8.10. The molecule has 5 heterocycles. The van der Waals surface area contributed by atoms with Crippen LogP contribution in [0.1, 0.15) is 42.3 Å². The summed E-state index contributed by atoms with van der Waals surface area (Å²) >= 11 is 0. The fraction of sp³-hybridized carbons (Fsp3) is 0.452. The molecule has 12 heteroatoms. The summed E-state index contributed by atoms with van der Waals surface area (Å²) in [6.07, 6.45) is 2.27. The molecule has 3 aliphatic heterocycles. The number of nitriles is 1. The minimum absolute atomic E-state index is 0.0485. The van der Waals surface area contributed by atoms with Gasteiger partial charge in [-0.05, 0) is 37.9 Å². The van der Waals surface area contributed by atoms with Crippen molar-refractivity contribution in [2.24, 2.45) is 0 Å². The number of amides is 1. The van der Waals surface area contributed by atoms with E-state index >= 15 is 0 Å². The molecular weight excluding hydrogens is 551 g/mol. The highest BCUT2D eigenvalue weighted by molar-refractivity contribution is 5.91. The number of carbonyl (C=O) groups excluding carboxylic acids is 1. The third-order valence-electron chi connectivity index (χ3n) is 8.63. The molecular formula is C31H35FN8O3. The van der Waals surface area contributed by atoms with Crippen molar-refractivity contribution in [3.63, 3.8) is 0 Å². The minimum Gasteiger partial charge on any atom is -0.462 e. The molecule has 3 atom stereocenters. The molecule has 224 valence electrons. The number of hydrogen-bond donors (Lipinski definition) is 1. The van der Waals surface area contributed by atoms with Gasteiger partial charge in [-0.1, -0.05) is 30.8 Å². The molecule has 43 heavy (non-hydrogen) atoms. The summed E-state index contributed by atoms with van der Waals surface area (Å²) in [5, 5.41) is 11.4. The van der Waals surface area contributed by atoms with Crippen molar-refractivity contribution in [3.05, 3.63) is 59.7 Å². The maximum absolute atomic E-state index is 13.8. The quantitative estimate of drug-likeness (QED) is 0.411. The van der Waals surface area contributed by atoms with Crippen molar-refractivity contribution >= 4 is 28.3 Å². The molecule has 2 aromatic heterocycles. The van der Waals surface area contributed by atoms with E-state index in [0.29, 0.717) is 37.8 Å². The predicted octanol–water partition coefficient (Wildman–Crippen LogP) is 3.31. The van der Waals surface area contributed by atoms with Gasteiger partial charge in [0.2, 0.25) is 0 Å². The van der Waals surface area contributed by atoms with Gasteiger partial charge in [0.15, 0.2) is 5.83 Å². The van der Waals surface area contributed by atoms with E-state index in [2.05, 4.69) is 29.6 Å². The SMILES string of the molecule is C=C(F)C(=O)N1CCN(c2nc(OC[C@@H]3CCCN3C)nc3c2COC(c2nc(N)cc4ccccc24)C3)C[C@@H]1CC#N. The van der Waals surface area contributed by atoms with Crippen LogP contribution in [0.15, 0.2) is 42.7 Å². The molecule has 2 fully saturated rings. The second kappa shape index (κ2) is 12.1. The van der Waals surface area contributed by atoms with Crippen LogP contribution in [-0.2, 0) is 22.6 Å². The zero-order chi connectivity index (χ0) is 30.1. The fourth-order valence-corrected chi connectivity index (χ4v) is 6.34. The number of piperazine rings is 1. The number of nitrogen functional groups attached to an aromatic ring is 1. The molecule has 1 amide bonds. The number of ether oxygens (including phenoxy) is 2. The van der Waals surface area contributed by atoms with E-state index in [9.17, 15) is 14.4 Å². The molecule has 2 N–H and O–H groups in total. The van der Waals surface area contributed by atoms with E-state index in [1.54, 1.807) is 0 Å². The molecule has 0 bridgehead atoms. The Hall–Kier alpha value is -4.34. The molecule has 1 unspecified atom stereocenters. The van der Waals surface area contributed by atoms with Crippen LogP contribution >= 0.6 is 0 Å². The van der Waals surface area contributed by atoms with Crippen LogP contribution in [0.4, 0.5) is 16.0 Å². The molecule has 0 aliphatic carbocycles. The summed E-state index contributed by atoms with van der Waals surface area (Å²) < 4.78 is 26.4. The maximum Gasteiger partial charge on any atom is 0.318 e. The first-order chi connectivity index (χ1) is 20.8. The van der Waals surface area contributed by atoms with E-state index in [1.165, 1.54) is 4.90 Å². The van der Waals surface area contributed by atoms with Gasteiger partial charge in [0.1, 0.15) is 24.3 Å². The average molecular weight is 587 g/mol. The molecule has 3 aromatic rings. The van der Waals surface area contributed by atoms with Crippen LogP contribution in [-0.4, -0.2) is 82.6 Å². The van der Waals surface area contributed by atoms with Crippen LogP contribution < -0.4 is 15.4 Å². The maximum atomic E-state index is 13.8. The molecule has 6 rings (SSSR count). The number of halogens is 1. The number of rotatable bonds is 7. The number of hydrogen-bond acceptors (Lipinski definition) is 10. The smallest absolute Gasteiger partial charge is 0.318 e. The number of fused-ring (bicyclic) bond motifs is 2. The van der Waals surface area contributed by atoms with Gasteiger partial charge in [-0.3, -0.25) is 4.79 Å². The lowest BCUT2D eigenvalue weighted by Gasteiger charge is -2.42. The van der Waals surface area contributed by atoms with Crippen molar-refractivity contribution in [1.29, 1.82) is 5.26 Å². The Bertz CT molecular complexity index is 1590. The first-order valence-electron chi connectivity index (χ1n) is 14.6. The summed E-state index contributed by atoms with van der Waals surface area (Å²) in [6, 6.07) is 11.9. The van der Waals surface area contributed by atoms with Crippen molar-refractivity contribution < 1.29 is 18.7 Å². The number of likely N-dealkylation sites (tertiary alicyclic amines) is 1. The third kappa shape index (κ3) is 5.83. The second-order valence-electron chi connectivity index (χ2n) is 11.4. The van der Waals surface area contributed by atoms with E-state index < -0.39 is 17.8 Å². The predicted molar refractivity (Wildman–Crippen MR) is 159 cm³/mol. The zero-order valence-electron chi connectivity index (χ0n) is 24.2. The molecule has 2 saturated heterocycles. The molecule has 11 nitrogen and oxygen atoms in total. The number of likely N-dealkylation sites (N-methyl/N-ethyl adjacent to an activating group) is 1. The summed E-state index contributed by atoms with van der Waals surface area (Å²) in [7, 11) is 2.09. The van der Waals surface area contributed by atoms with Gasteiger partial charge >= 0.3 is 6.01 Å². The summed E-state index contributed by atoms with van der Waals surface area (Å²) in [4.78, 5) is 32.5. The second-order valence-corrected chi connectivity index (χ2v) is 11.4. The van der Waals surface area contributed by atoms with Gasteiger partial charge in [0.25, 0.3) is 5.91 Å². The highest BCUT2D eigenvalue weighted by Crippen LogP contribution is 2.38. The van der Waals surface area contributed by atoms with Gasteiger partial charge in [0.05, 0.1) is 36.5 Å². The normalized spacial score (nSPS) is 22.3.